The quantitative estimate of drug-likeness (QED) is 0.159. The average Bonchev–Trinajstić information content (AvgIpc) is 3.57. The van der Waals surface area contributed by atoms with Gasteiger partial charge in [-0.2, -0.15) is 0 Å². The van der Waals surface area contributed by atoms with Gasteiger partial charge in [0.15, 0.2) is 0 Å². The lowest BCUT2D eigenvalue weighted by Crippen LogP contribution is -2.46. The van der Waals surface area contributed by atoms with Gasteiger partial charge in [0.2, 0.25) is 11.8 Å². The van der Waals surface area contributed by atoms with Gasteiger partial charge in [0, 0.05) is 11.4 Å². The number of benzene rings is 2. The number of nitrogens with zero attached hydrogens (tertiary/aromatic N) is 1. The summed E-state index contributed by atoms with van der Waals surface area (Å²) in [5.41, 5.74) is 5.68. The van der Waals surface area contributed by atoms with Gasteiger partial charge < -0.3 is 24.5 Å². The first-order chi connectivity index (χ1) is 20.9. The molecule has 0 bridgehead atoms. The number of hydrogen-bond acceptors (Lipinski definition) is 7. The van der Waals surface area contributed by atoms with Crippen LogP contribution >= 0.6 is 0 Å². The van der Waals surface area contributed by atoms with E-state index in [0.717, 1.165) is 40.9 Å². The second kappa shape index (κ2) is 12.4. The summed E-state index contributed by atoms with van der Waals surface area (Å²) in [4.78, 5) is 29.0. The van der Waals surface area contributed by atoms with Crippen molar-refractivity contribution in [3.8, 4) is 0 Å². The molecule has 43 heavy (non-hydrogen) atoms. The predicted octanol–water partition coefficient (Wildman–Crippen LogP) is 6.11. The Hall–Kier alpha value is -3.92. The zero-order valence-corrected chi connectivity index (χ0v) is 24.5. The minimum absolute atomic E-state index is 0.143. The summed E-state index contributed by atoms with van der Waals surface area (Å²) in [7, 11) is -1.00. The third-order valence-electron chi connectivity index (χ3n) is 9.01. The topological polar surface area (TPSA) is 112 Å². The van der Waals surface area contributed by atoms with E-state index in [1.165, 1.54) is 4.90 Å². The standard InChI is InChI=1S/C34H37BN2O6/c1-3-22(18-26-14-15-27(20-38)42-26)9-16-30-31-21(2)17-28-32(29(31)19-35(41)43-30)34(40)37(33(28)39)25-12-10-24(11-13-25)36-23-7-5-4-6-8-23/h4-8,10-15,18,28-30,32,36,38,41H,3,9,16-17,19-20H2,1-2H3/b22-18+/t28-,29+,30-,32-/m1/s1. The van der Waals surface area contributed by atoms with Crippen LogP contribution in [0.2, 0.25) is 6.32 Å². The first-order valence-corrected chi connectivity index (χ1v) is 15.1. The molecule has 2 amide bonds. The molecule has 3 N–H and O–H groups in total. The van der Waals surface area contributed by atoms with Crippen molar-refractivity contribution in [2.45, 2.75) is 58.6 Å². The van der Waals surface area contributed by atoms with Gasteiger partial charge in [-0.3, -0.25) is 14.5 Å². The zero-order chi connectivity index (χ0) is 30.1. The summed E-state index contributed by atoms with van der Waals surface area (Å²) >= 11 is 0. The first-order valence-electron chi connectivity index (χ1n) is 15.1. The highest BCUT2D eigenvalue weighted by molar-refractivity contribution is 6.43. The number of aliphatic hydroxyl groups excluding tert-OH is 1. The fourth-order valence-corrected chi connectivity index (χ4v) is 6.98. The van der Waals surface area contributed by atoms with Gasteiger partial charge in [-0.1, -0.05) is 36.3 Å². The molecule has 3 aromatic rings. The minimum Gasteiger partial charge on any atom is -0.459 e. The van der Waals surface area contributed by atoms with E-state index in [1.54, 1.807) is 6.07 Å². The number of aliphatic hydroxyl groups is 1. The number of carbonyl (C=O) groups is 2. The maximum atomic E-state index is 14.0. The van der Waals surface area contributed by atoms with Gasteiger partial charge in [-0.15, -0.1) is 0 Å². The highest BCUT2D eigenvalue weighted by atomic mass is 16.5. The number of anilines is 3. The van der Waals surface area contributed by atoms with Crippen molar-refractivity contribution in [1.82, 2.24) is 0 Å². The number of nitrogens with one attached hydrogen (secondary N) is 1. The monoisotopic (exact) mass is 580 g/mol. The molecule has 2 fully saturated rings. The van der Waals surface area contributed by atoms with Crippen molar-refractivity contribution in [2.24, 2.45) is 17.8 Å². The molecule has 0 saturated carbocycles. The van der Waals surface area contributed by atoms with Crippen LogP contribution in [0.4, 0.5) is 17.1 Å². The van der Waals surface area contributed by atoms with Gasteiger partial charge >= 0.3 is 7.12 Å². The lowest BCUT2D eigenvalue weighted by atomic mass is 9.59. The Morgan fingerprint density at radius 2 is 1.77 bits per heavy atom. The number of allylic oxidation sites excluding steroid dienone is 2. The molecule has 2 aromatic carbocycles. The van der Waals surface area contributed by atoms with Crippen LogP contribution in [0.3, 0.4) is 0 Å². The third-order valence-corrected chi connectivity index (χ3v) is 9.01. The van der Waals surface area contributed by atoms with Crippen molar-refractivity contribution in [1.29, 1.82) is 0 Å². The second-order valence-corrected chi connectivity index (χ2v) is 11.7. The second-order valence-electron chi connectivity index (χ2n) is 11.7. The molecule has 2 aliphatic heterocycles. The minimum atomic E-state index is -1.00. The van der Waals surface area contributed by atoms with Crippen molar-refractivity contribution < 1.29 is 28.8 Å². The van der Waals surface area contributed by atoms with Gasteiger partial charge in [0.25, 0.3) is 0 Å². The summed E-state index contributed by atoms with van der Waals surface area (Å²) in [6.07, 6.45) is 4.65. The molecule has 0 unspecified atom stereocenters. The fraction of sp³-hybridized carbons (Fsp3) is 0.353. The molecular formula is C34H37BN2O6. The van der Waals surface area contributed by atoms with Crippen LogP contribution in [-0.2, 0) is 20.9 Å². The summed E-state index contributed by atoms with van der Waals surface area (Å²) < 4.78 is 11.7. The number of para-hydroxylation sites is 1. The van der Waals surface area contributed by atoms with Crippen LogP contribution < -0.4 is 10.2 Å². The third kappa shape index (κ3) is 5.85. The lowest BCUT2D eigenvalue weighted by Gasteiger charge is -2.42. The molecular weight excluding hydrogens is 543 g/mol. The fourth-order valence-electron chi connectivity index (χ4n) is 6.98. The lowest BCUT2D eigenvalue weighted by molar-refractivity contribution is -0.122. The maximum absolute atomic E-state index is 14.0. The molecule has 1 aliphatic carbocycles. The number of amides is 2. The van der Waals surface area contributed by atoms with E-state index in [0.29, 0.717) is 36.4 Å². The highest BCUT2D eigenvalue weighted by Crippen LogP contribution is 2.51. The van der Waals surface area contributed by atoms with Gasteiger partial charge in [0.1, 0.15) is 18.1 Å². The van der Waals surface area contributed by atoms with E-state index in [9.17, 15) is 19.7 Å². The van der Waals surface area contributed by atoms with Crippen LogP contribution in [0, 0.1) is 17.8 Å². The Morgan fingerprint density at radius 3 is 2.47 bits per heavy atom. The van der Waals surface area contributed by atoms with Crippen LogP contribution in [0.25, 0.3) is 6.08 Å². The van der Waals surface area contributed by atoms with Crippen molar-refractivity contribution in [3.63, 3.8) is 0 Å². The highest BCUT2D eigenvalue weighted by Gasteiger charge is 2.57. The van der Waals surface area contributed by atoms with Crippen LogP contribution in [0.1, 0.15) is 51.1 Å². The van der Waals surface area contributed by atoms with E-state index < -0.39 is 19.0 Å². The summed E-state index contributed by atoms with van der Waals surface area (Å²) in [5, 5.41) is 23.4. The van der Waals surface area contributed by atoms with Crippen LogP contribution in [0.5, 0.6) is 0 Å². The molecule has 0 radical (unpaired) electrons. The molecule has 222 valence electrons. The van der Waals surface area contributed by atoms with Crippen molar-refractivity contribution in [3.05, 3.63) is 95.0 Å². The molecule has 8 nitrogen and oxygen atoms in total. The molecule has 6 rings (SSSR count). The zero-order valence-electron chi connectivity index (χ0n) is 24.5. The number of carbonyl (C=O) groups excluding carboxylic acids is 2. The SMILES string of the molecule is CC/C(=C\c1ccc(CO)o1)CC[C@H]1OB(O)C[C@H]2C1=C(C)C[C@H]1C(=O)N(c3ccc(Nc4ccccc4)cc3)C(=O)[C@H]12. The maximum Gasteiger partial charge on any atom is 0.455 e. The van der Waals surface area contributed by atoms with Gasteiger partial charge in [-0.25, -0.2) is 0 Å². The molecule has 2 saturated heterocycles. The van der Waals surface area contributed by atoms with Crippen LogP contribution in [0.15, 0.2) is 87.9 Å². The van der Waals surface area contributed by atoms with E-state index >= 15 is 0 Å². The van der Waals surface area contributed by atoms with Gasteiger partial charge in [-0.05, 0) is 105 Å². The Morgan fingerprint density at radius 1 is 1.02 bits per heavy atom. The Balaban J connectivity index is 1.19. The Kier molecular flexibility index (Phi) is 8.39. The van der Waals surface area contributed by atoms with E-state index in [-0.39, 0.29) is 30.4 Å². The summed E-state index contributed by atoms with van der Waals surface area (Å²) in [6, 6.07) is 20.8. The Labute approximate surface area is 252 Å². The average molecular weight is 580 g/mol. The number of hydrogen-bond donors (Lipinski definition) is 3. The molecule has 0 spiro atoms. The summed E-state index contributed by atoms with van der Waals surface area (Å²) in [6.45, 7) is 3.97. The van der Waals surface area contributed by atoms with Crippen molar-refractivity contribution >= 4 is 42.1 Å². The molecule has 3 heterocycles. The number of rotatable bonds is 9. The van der Waals surface area contributed by atoms with Gasteiger partial charge in [0.05, 0.1) is 23.6 Å². The van der Waals surface area contributed by atoms with E-state index in [1.807, 2.05) is 73.7 Å². The number of fused-ring (bicyclic) bond motifs is 3. The normalized spacial score (nSPS) is 24.0. The number of furan rings is 1. The molecule has 9 heteroatoms. The predicted molar refractivity (Wildman–Crippen MR) is 166 cm³/mol. The van der Waals surface area contributed by atoms with Crippen LogP contribution in [-0.4, -0.2) is 35.2 Å². The summed E-state index contributed by atoms with van der Waals surface area (Å²) in [5.74, 6) is -0.376. The van der Waals surface area contributed by atoms with E-state index in [4.69, 9.17) is 9.07 Å². The number of imide groups is 1. The van der Waals surface area contributed by atoms with Crippen molar-refractivity contribution in [2.75, 3.05) is 10.2 Å². The smallest absolute Gasteiger partial charge is 0.455 e. The molecule has 4 atom stereocenters. The van der Waals surface area contributed by atoms with E-state index in [2.05, 4.69) is 12.2 Å². The first kappa shape index (κ1) is 29.2. The Bertz CT molecular complexity index is 1550. The molecule has 1 aromatic heterocycles. The largest absolute Gasteiger partial charge is 0.459 e. The molecule has 3 aliphatic rings.